The second-order valence-electron chi connectivity index (χ2n) is 5.00. The van der Waals surface area contributed by atoms with E-state index in [-0.39, 0.29) is 0 Å². The molecule has 0 aliphatic heterocycles. The van der Waals surface area contributed by atoms with Crippen molar-refractivity contribution in [1.82, 2.24) is 24.5 Å². The Morgan fingerprint density at radius 1 is 1.19 bits per heavy atom. The fourth-order valence-corrected chi connectivity index (χ4v) is 1.94. The largest absolute Gasteiger partial charge is 0.354 e. The molecule has 0 unspecified atom stereocenters. The zero-order valence-electron chi connectivity index (χ0n) is 13.2. The van der Waals surface area contributed by atoms with E-state index in [0.717, 1.165) is 31.2 Å². The van der Waals surface area contributed by atoms with Gasteiger partial charge in [-0.15, -0.1) is 0 Å². The van der Waals surface area contributed by atoms with Crippen molar-refractivity contribution in [3.8, 4) is 0 Å². The minimum Gasteiger partial charge on any atom is -0.354 e. The lowest BCUT2D eigenvalue weighted by molar-refractivity contribution is 0.700. The maximum atomic E-state index is 4.50. The van der Waals surface area contributed by atoms with E-state index in [1.165, 1.54) is 0 Å². The van der Waals surface area contributed by atoms with Crippen molar-refractivity contribution < 1.29 is 0 Å². The van der Waals surface area contributed by atoms with Crippen molar-refractivity contribution in [3.63, 3.8) is 0 Å². The smallest absolute Gasteiger partial charge is 0.229 e. The summed E-state index contributed by atoms with van der Waals surface area (Å²) < 4.78 is 2.10. The number of imidazole rings is 1. The molecule has 1 N–H and O–H groups in total. The van der Waals surface area contributed by atoms with Crippen LogP contribution < -0.4 is 10.2 Å². The Balaban J connectivity index is 2.26. The third-order valence-corrected chi connectivity index (χ3v) is 3.06. The number of aromatic nitrogens is 5. The Morgan fingerprint density at radius 3 is 2.67 bits per heavy atom. The molecule has 0 radical (unpaired) electrons. The predicted molar refractivity (Wildman–Crippen MR) is 83.6 cm³/mol. The summed E-state index contributed by atoms with van der Waals surface area (Å²) in [6, 6.07) is 0. The molecule has 0 saturated carbocycles. The second kappa shape index (κ2) is 7.01. The van der Waals surface area contributed by atoms with Crippen LogP contribution in [0.3, 0.4) is 0 Å². The minimum absolute atomic E-state index is 0.602. The predicted octanol–water partition coefficient (Wildman–Crippen LogP) is 1.57. The monoisotopic (exact) mass is 289 g/mol. The molecule has 0 aromatic carbocycles. The number of rotatable bonds is 7. The van der Waals surface area contributed by atoms with E-state index < -0.39 is 0 Å². The molecule has 7 nitrogen and oxygen atoms in total. The second-order valence-corrected chi connectivity index (χ2v) is 5.00. The van der Waals surface area contributed by atoms with Crippen molar-refractivity contribution in [2.45, 2.75) is 33.2 Å². The molecule has 0 amide bonds. The molecule has 7 heteroatoms. The molecule has 0 aliphatic carbocycles. The zero-order valence-corrected chi connectivity index (χ0v) is 13.2. The lowest BCUT2D eigenvalue weighted by atomic mass is 10.3. The first kappa shape index (κ1) is 15.2. The summed E-state index contributed by atoms with van der Waals surface area (Å²) in [6.45, 7) is 5.94. The Labute approximate surface area is 125 Å². The van der Waals surface area contributed by atoms with Gasteiger partial charge in [-0.1, -0.05) is 6.92 Å². The van der Waals surface area contributed by atoms with Gasteiger partial charge in [0.05, 0.1) is 6.42 Å². The van der Waals surface area contributed by atoms with Crippen LogP contribution in [0, 0.1) is 0 Å². The van der Waals surface area contributed by atoms with Crippen LogP contribution in [0.15, 0.2) is 12.4 Å². The highest BCUT2D eigenvalue weighted by molar-refractivity contribution is 5.36. The van der Waals surface area contributed by atoms with Gasteiger partial charge >= 0.3 is 0 Å². The molecule has 0 aliphatic rings. The molecule has 2 aromatic rings. The molecular formula is C14H23N7. The standard InChI is InChI=1S/C14H23N7/c1-5-7-16-13-17-11(18-14(19-13)20(3)4)10-12-15-8-9-21(12)6-2/h8-9H,5-7,10H2,1-4H3,(H,16,17,18,19). The molecule has 2 aromatic heterocycles. The Morgan fingerprint density at radius 2 is 2.00 bits per heavy atom. The van der Waals surface area contributed by atoms with Crippen molar-refractivity contribution in [2.24, 2.45) is 0 Å². The Kier molecular flexibility index (Phi) is 5.08. The molecule has 2 rings (SSSR count). The average Bonchev–Trinajstić information content (AvgIpc) is 2.92. The molecule has 21 heavy (non-hydrogen) atoms. The number of anilines is 2. The molecule has 0 spiro atoms. The molecule has 0 atom stereocenters. The normalized spacial score (nSPS) is 10.7. The van der Waals surface area contributed by atoms with Crippen LogP contribution in [0.4, 0.5) is 11.9 Å². The van der Waals surface area contributed by atoms with Crippen molar-refractivity contribution >= 4 is 11.9 Å². The first-order valence-electron chi connectivity index (χ1n) is 7.30. The highest BCUT2D eigenvalue weighted by Crippen LogP contribution is 2.11. The summed E-state index contributed by atoms with van der Waals surface area (Å²) in [5, 5.41) is 3.22. The number of nitrogens with zero attached hydrogens (tertiary/aromatic N) is 6. The van der Waals surface area contributed by atoms with Crippen LogP contribution in [0.2, 0.25) is 0 Å². The van der Waals surface area contributed by atoms with Crippen LogP contribution in [0.5, 0.6) is 0 Å². The number of hydrogen-bond donors (Lipinski definition) is 1. The molecule has 0 saturated heterocycles. The SMILES string of the molecule is CCCNc1nc(Cc2nccn2CC)nc(N(C)C)n1. The molecular weight excluding hydrogens is 266 g/mol. The van der Waals surface area contributed by atoms with Gasteiger partial charge in [0, 0.05) is 39.6 Å². The van der Waals surface area contributed by atoms with E-state index in [4.69, 9.17) is 0 Å². The van der Waals surface area contributed by atoms with Crippen LogP contribution in [-0.2, 0) is 13.0 Å². The van der Waals surface area contributed by atoms with Crippen LogP contribution >= 0.6 is 0 Å². The summed E-state index contributed by atoms with van der Waals surface area (Å²) >= 11 is 0. The minimum atomic E-state index is 0.602. The number of aryl methyl sites for hydroxylation is 1. The van der Waals surface area contributed by atoms with Gasteiger partial charge in [-0.05, 0) is 13.3 Å². The third-order valence-electron chi connectivity index (χ3n) is 3.06. The van der Waals surface area contributed by atoms with Gasteiger partial charge in [-0.3, -0.25) is 0 Å². The van der Waals surface area contributed by atoms with Crippen molar-refractivity contribution in [3.05, 3.63) is 24.0 Å². The van der Waals surface area contributed by atoms with E-state index in [0.29, 0.717) is 18.3 Å². The lowest BCUT2D eigenvalue weighted by Crippen LogP contribution is -2.17. The number of nitrogens with one attached hydrogen (secondary N) is 1. The topological polar surface area (TPSA) is 71.8 Å². The zero-order chi connectivity index (χ0) is 15.2. The highest BCUT2D eigenvalue weighted by atomic mass is 15.3. The van der Waals surface area contributed by atoms with Crippen molar-refractivity contribution in [1.29, 1.82) is 0 Å². The van der Waals surface area contributed by atoms with E-state index in [1.54, 1.807) is 0 Å². The lowest BCUT2D eigenvalue weighted by Gasteiger charge is -2.13. The first-order chi connectivity index (χ1) is 10.1. The number of hydrogen-bond acceptors (Lipinski definition) is 6. The van der Waals surface area contributed by atoms with Gasteiger partial charge in [0.2, 0.25) is 11.9 Å². The van der Waals surface area contributed by atoms with Gasteiger partial charge in [-0.2, -0.15) is 15.0 Å². The summed E-state index contributed by atoms with van der Waals surface area (Å²) in [7, 11) is 3.85. The highest BCUT2D eigenvalue weighted by Gasteiger charge is 2.11. The fourth-order valence-electron chi connectivity index (χ4n) is 1.94. The fraction of sp³-hybridized carbons (Fsp3) is 0.571. The Bertz CT molecular complexity index is 576. The van der Waals surface area contributed by atoms with Crippen LogP contribution in [0.1, 0.15) is 31.9 Å². The quantitative estimate of drug-likeness (QED) is 0.834. The third kappa shape index (κ3) is 3.90. The summed E-state index contributed by atoms with van der Waals surface area (Å²) in [4.78, 5) is 19.7. The molecule has 0 fully saturated rings. The van der Waals surface area contributed by atoms with Crippen LogP contribution in [-0.4, -0.2) is 45.1 Å². The maximum absolute atomic E-state index is 4.50. The van der Waals surface area contributed by atoms with Crippen LogP contribution in [0.25, 0.3) is 0 Å². The summed E-state index contributed by atoms with van der Waals surface area (Å²) in [6.07, 6.45) is 5.41. The maximum Gasteiger partial charge on any atom is 0.229 e. The Hall–Kier alpha value is -2.18. The van der Waals surface area contributed by atoms with Gasteiger partial charge < -0.3 is 14.8 Å². The van der Waals surface area contributed by atoms with E-state index in [9.17, 15) is 0 Å². The summed E-state index contributed by atoms with van der Waals surface area (Å²) in [5.74, 6) is 2.98. The average molecular weight is 289 g/mol. The van der Waals surface area contributed by atoms with Gasteiger partial charge in [0.15, 0.2) is 0 Å². The van der Waals surface area contributed by atoms with Gasteiger partial charge in [-0.25, -0.2) is 4.98 Å². The van der Waals surface area contributed by atoms with Gasteiger partial charge in [0.25, 0.3) is 0 Å². The molecule has 114 valence electrons. The van der Waals surface area contributed by atoms with E-state index in [1.807, 2.05) is 31.4 Å². The van der Waals surface area contributed by atoms with Gasteiger partial charge in [0.1, 0.15) is 11.6 Å². The molecule has 0 bridgehead atoms. The summed E-state index contributed by atoms with van der Waals surface area (Å²) in [5.41, 5.74) is 0. The van der Waals surface area contributed by atoms with Crippen molar-refractivity contribution in [2.75, 3.05) is 30.9 Å². The van der Waals surface area contributed by atoms with E-state index >= 15 is 0 Å². The van der Waals surface area contributed by atoms with E-state index in [2.05, 4.69) is 43.7 Å². The molecule has 2 heterocycles. The first-order valence-corrected chi connectivity index (χ1v) is 7.30.